The summed E-state index contributed by atoms with van der Waals surface area (Å²) in [6, 6.07) is 0. The molecule has 1 atom stereocenters. The van der Waals surface area contributed by atoms with Crippen LogP contribution in [0.15, 0.2) is 0 Å². The Morgan fingerprint density at radius 2 is 1.86 bits per heavy atom. The molecule has 0 aromatic carbocycles. The highest BCUT2D eigenvalue weighted by Gasteiger charge is 2.30. The van der Waals surface area contributed by atoms with Crippen LogP contribution in [0.25, 0.3) is 0 Å². The molecule has 1 heterocycles. The van der Waals surface area contributed by atoms with Crippen LogP contribution in [-0.4, -0.2) is 36.3 Å². The van der Waals surface area contributed by atoms with Gasteiger partial charge in [0.05, 0.1) is 5.92 Å². The van der Waals surface area contributed by atoms with Crippen LogP contribution in [0.4, 0.5) is 0 Å². The summed E-state index contributed by atoms with van der Waals surface area (Å²) in [6.07, 6.45) is 8.32. The highest BCUT2D eigenvalue weighted by atomic mass is 16.2. The number of carbonyl (C=O) groups is 2. The molecule has 1 aliphatic rings. The molecule has 1 unspecified atom stereocenters. The third-order valence-electron chi connectivity index (χ3n) is 4.77. The van der Waals surface area contributed by atoms with E-state index in [1.165, 1.54) is 19.3 Å². The Labute approximate surface area is 136 Å². The molecule has 1 fully saturated rings. The monoisotopic (exact) mass is 310 g/mol. The number of hydrogen-bond acceptors (Lipinski definition) is 2. The number of likely N-dealkylation sites (tertiary alicyclic amines) is 1. The van der Waals surface area contributed by atoms with E-state index in [-0.39, 0.29) is 23.7 Å². The first-order valence-corrected chi connectivity index (χ1v) is 9.20. The van der Waals surface area contributed by atoms with Crippen LogP contribution in [0.3, 0.4) is 0 Å². The molecule has 0 bridgehead atoms. The SMILES string of the molecule is CCCCCCNC(=O)C1CCCN(C(=O)C(CC)CC)C1. The molecule has 22 heavy (non-hydrogen) atoms. The largest absolute Gasteiger partial charge is 0.356 e. The first kappa shape index (κ1) is 19.0. The van der Waals surface area contributed by atoms with Crippen LogP contribution in [0, 0.1) is 11.8 Å². The Hall–Kier alpha value is -1.06. The molecule has 0 radical (unpaired) electrons. The average molecular weight is 310 g/mol. The van der Waals surface area contributed by atoms with Crippen molar-refractivity contribution in [3.8, 4) is 0 Å². The van der Waals surface area contributed by atoms with Gasteiger partial charge in [0.15, 0.2) is 0 Å². The van der Waals surface area contributed by atoms with E-state index in [0.717, 1.165) is 45.2 Å². The zero-order valence-corrected chi connectivity index (χ0v) is 14.7. The molecule has 1 N–H and O–H groups in total. The lowest BCUT2D eigenvalue weighted by Crippen LogP contribution is -2.47. The maximum absolute atomic E-state index is 12.5. The molecule has 1 saturated heterocycles. The average Bonchev–Trinajstić information content (AvgIpc) is 2.55. The summed E-state index contributed by atoms with van der Waals surface area (Å²) >= 11 is 0. The second-order valence-corrected chi connectivity index (χ2v) is 6.49. The summed E-state index contributed by atoms with van der Waals surface area (Å²) in [4.78, 5) is 26.6. The number of amides is 2. The number of rotatable bonds is 9. The minimum absolute atomic E-state index is 0.0155. The van der Waals surface area contributed by atoms with Crippen molar-refractivity contribution in [3.05, 3.63) is 0 Å². The quantitative estimate of drug-likeness (QED) is 0.664. The lowest BCUT2D eigenvalue weighted by atomic mass is 9.94. The van der Waals surface area contributed by atoms with Crippen molar-refractivity contribution in [2.45, 2.75) is 72.1 Å². The molecular weight excluding hydrogens is 276 g/mol. The topological polar surface area (TPSA) is 49.4 Å². The van der Waals surface area contributed by atoms with Gasteiger partial charge < -0.3 is 10.2 Å². The van der Waals surface area contributed by atoms with Gasteiger partial charge in [-0.1, -0.05) is 40.0 Å². The Kier molecular flexibility index (Phi) is 9.17. The van der Waals surface area contributed by atoms with Crippen molar-refractivity contribution < 1.29 is 9.59 Å². The number of nitrogens with zero attached hydrogens (tertiary/aromatic N) is 1. The number of nitrogens with one attached hydrogen (secondary N) is 1. The van der Waals surface area contributed by atoms with Crippen LogP contribution < -0.4 is 5.32 Å². The van der Waals surface area contributed by atoms with Crippen LogP contribution in [0.2, 0.25) is 0 Å². The van der Waals surface area contributed by atoms with Gasteiger partial charge in [0.2, 0.25) is 11.8 Å². The molecule has 128 valence electrons. The predicted octanol–water partition coefficient (Wildman–Crippen LogP) is 3.36. The number of piperidine rings is 1. The molecule has 2 amide bonds. The van der Waals surface area contributed by atoms with Crippen molar-refractivity contribution in [2.24, 2.45) is 11.8 Å². The van der Waals surface area contributed by atoms with E-state index in [2.05, 4.69) is 26.1 Å². The fourth-order valence-electron chi connectivity index (χ4n) is 3.20. The minimum atomic E-state index is -0.0155. The van der Waals surface area contributed by atoms with Gasteiger partial charge in [-0.3, -0.25) is 9.59 Å². The summed E-state index contributed by atoms with van der Waals surface area (Å²) in [5.41, 5.74) is 0. The van der Waals surface area contributed by atoms with E-state index < -0.39 is 0 Å². The first-order valence-electron chi connectivity index (χ1n) is 9.20. The van der Waals surface area contributed by atoms with Gasteiger partial charge in [-0.2, -0.15) is 0 Å². The van der Waals surface area contributed by atoms with Crippen LogP contribution >= 0.6 is 0 Å². The summed E-state index contributed by atoms with van der Waals surface area (Å²) in [6.45, 7) is 8.51. The molecule has 0 aromatic heterocycles. The van der Waals surface area contributed by atoms with E-state index in [1.54, 1.807) is 0 Å². The molecule has 4 heteroatoms. The van der Waals surface area contributed by atoms with Crippen LogP contribution in [-0.2, 0) is 9.59 Å². The van der Waals surface area contributed by atoms with Crippen molar-refractivity contribution in [3.63, 3.8) is 0 Å². The van der Waals surface area contributed by atoms with E-state index in [9.17, 15) is 9.59 Å². The van der Waals surface area contributed by atoms with Crippen LogP contribution in [0.5, 0.6) is 0 Å². The maximum atomic E-state index is 12.5. The van der Waals surface area contributed by atoms with Gasteiger partial charge in [-0.05, 0) is 32.1 Å². The van der Waals surface area contributed by atoms with Gasteiger partial charge in [-0.25, -0.2) is 0 Å². The second-order valence-electron chi connectivity index (χ2n) is 6.49. The molecule has 1 aliphatic heterocycles. The Balaban J connectivity index is 2.38. The van der Waals surface area contributed by atoms with Crippen molar-refractivity contribution >= 4 is 11.8 Å². The molecule has 0 saturated carbocycles. The molecular formula is C18H34N2O2. The minimum Gasteiger partial charge on any atom is -0.356 e. The molecule has 0 aliphatic carbocycles. The van der Waals surface area contributed by atoms with Gasteiger partial charge in [0.1, 0.15) is 0 Å². The van der Waals surface area contributed by atoms with Crippen molar-refractivity contribution in [1.82, 2.24) is 10.2 Å². The van der Waals surface area contributed by atoms with Gasteiger partial charge >= 0.3 is 0 Å². The number of hydrogen-bond donors (Lipinski definition) is 1. The van der Waals surface area contributed by atoms with E-state index in [4.69, 9.17) is 0 Å². The van der Waals surface area contributed by atoms with Crippen molar-refractivity contribution in [2.75, 3.05) is 19.6 Å². The summed E-state index contributed by atoms with van der Waals surface area (Å²) < 4.78 is 0. The van der Waals surface area contributed by atoms with Gasteiger partial charge in [-0.15, -0.1) is 0 Å². The first-order chi connectivity index (χ1) is 10.6. The Morgan fingerprint density at radius 3 is 2.50 bits per heavy atom. The maximum Gasteiger partial charge on any atom is 0.225 e. The third kappa shape index (κ3) is 5.98. The second kappa shape index (κ2) is 10.6. The lowest BCUT2D eigenvalue weighted by molar-refractivity contribution is -0.139. The number of unbranched alkanes of at least 4 members (excludes halogenated alkanes) is 3. The standard InChI is InChI=1S/C18H34N2O2/c1-4-7-8-9-12-19-17(21)16-11-10-13-20(14-16)18(22)15(5-2)6-3/h15-16H,4-14H2,1-3H3,(H,19,21). The predicted molar refractivity (Wildman–Crippen MR) is 90.5 cm³/mol. The van der Waals surface area contributed by atoms with E-state index in [0.29, 0.717) is 6.54 Å². The third-order valence-corrected chi connectivity index (χ3v) is 4.77. The number of carbonyl (C=O) groups excluding carboxylic acids is 2. The molecule has 1 rings (SSSR count). The highest BCUT2D eigenvalue weighted by molar-refractivity contribution is 5.82. The van der Waals surface area contributed by atoms with Crippen molar-refractivity contribution in [1.29, 1.82) is 0 Å². The summed E-state index contributed by atoms with van der Waals surface area (Å²) in [7, 11) is 0. The van der Waals surface area contributed by atoms with E-state index >= 15 is 0 Å². The van der Waals surface area contributed by atoms with Gasteiger partial charge in [0, 0.05) is 25.6 Å². The Bertz CT molecular complexity index is 340. The normalized spacial score (nSPS) is 18.5. The van der Waals surface area contributed by atoms with Gasteiger partial charge in [0.25, 0.3) is 0 Å². The zero-order chi connectivity index (χ0) is 16.4. The van der Waals surface area contributed by atoms with Crippen LogP contribution in [0.1, 0.15) is 72.1 Å². The van der Waals surface area contributed by atoms with E-state index in [1.807, 2.05) is 4.90 Å². The molecule has 0 spiro atoms. The zero-order valence-electron chi connectivity index (χ0n) is 14.7. The lowest BCUT2D eigenvalue weighted by Gasteiger charge is -2.34. The smallest absolute Gasteiger partial charge is 0.225 e. The molecule has 4 nitrogen and oxygen atoms in total. The Morgan fingerprint density at radius 1 is 1.14 bits per heavy atom. The fourth-order valence-corrected chi connectivity index (χ4v) is 3.20. The summed E-state index contributed by atoms with van der Waals surface area (Å²) in [5, 5.41) is 3.05. The molecule has 0 aromatic rings. The fraction of sp³-hybridized carbons (Fsp3) is 0.889. The highest BCUT2D eigenvalue weighted by Crippen LogP contribution is 2.21. The summed E-state index contributed by atoms with van der Waals surface area (Å²) in [5.74, 6) is 0.484.